The van der Waals surface area contributed by atoms with Crippen LogP contribution in [0.5, 0.6) is 0 Å². The van der Waals surface area contributed by atoms with E-state index in [-0.39, 0.29) is 35.7 Å². The van der Waals surface area contributed by atoms with E-state index in [0.29, 0.717) is 0 Å². The van der Waals surface area contributed by atoms with Crippen molar-refractivity contribution in [2.75, 3.05) is 13.1 Å². The van der Waals surface area contributed by atoms with Crippen LogP contribution in [0, 0.1) is 11.3 Å². The normalized spacial score (nSPS) is 25.8. The number of piperidine rings is 1. The Labute approximate surface area is 105 Å². The van der Waals surface area contributed by atoms with Gasteiger partial charge in [0.05, 0.1) is 0 Å². The third-order valence-electron chi connectivity index (χ3n) is 3.66. The lowest BCUT2D eigenvalue weighted by atomic mass is 9.79. The summed E-state index contributed by atoms with van der Waals surface area (Å²) in [7, 11) is 0. The van der Waals surface area contributed by atoms with E-state index in [0.717, 1.165) is 25.9 Å². The number of hydrogen-bond donors (Lipinski definition) is 1. The highest BCUT2D eigenvalue weighted by Gasteiger charge is 2.35. The van der Waals surface area contributed by atoms with E-state index >= 15 is 0 Å². The molecule has 0 aromatic carbocycles. The van der Waals surface area contributed by atoms with Gasteiger partial charge in [0.2, 0.25) is 5.91 Å². The Kier molecular flexibility index (Phi) is 5.77. The molecule has 2 unspecified atom stereocenters. The average Bonchev–Trinajstić information content (AvgIpc) is 2.19. The summed E-state index contributed by atoms with van der Waals surface area (Å²) in [5.41, 5.74) is 6.10. The summed E-state index contributed by atoms with van der Waals surface area (Å²) in [5, 5.41) is 0. The molecular formula is C12H25ClN2O. The minimum Gasteiger partial charge on any atom is -0.342 e. The lowest BCUT2D eigenvalue weighted by molar-refractivity contribution is -0.138. The number of carbonyl (C=O) groups excluding carboxylic acids is 1. The van der Waals surface area contributed by atoms with Gasteiger partial charge in [-0.2, -0.15) is 0 Å². The molecule has 0 spiro atoms. The van der Waals surface area contributed by atoms with Gasteiger partial charge in [0.1, 0.15) is 0 Å². The Balaban J connectivity index is 0.00000225. The van der Waals surface area contributed by atoms with Crippen LogP contribution >= 0.6 is 12.4 Å². The smallest absolute Gasteiger partial charge is 0.225 e. The second-order valence-corrected chi connectivity index (χ2v) is 5.45. The fourth-order valence-electron chi connectivity index (χ4n) is 2.05. The number of nitrogens with two attached hydrogens (primary N) is 1. The van der Waals surface area contributed by atoms with Gasteiger partial charge in [-0.05, 0) is 18.3 Å². The average molecular weight is 249 g/mol. The summed E-state index contributed by atoms with van der Waals surface area (Å²) in [5.74, 6) is 0.438. The molecule has 0 saturated carbocycles. The van der Waals surface area contributed by atoms with Crippen LogP contribution in [0.2, 0.25) is 0 Å². The molecule has 2 N–H and O–H groups in total. The van der Waals surface area contributed by atoms with E-state index in [1.807, 2.05) is 11.8 Å². The molecular weight excluding hydrogens is 224 g/mol. The molecule has 0 bridgehead atoms. The zero-order valence-corrected chi connectivity index (χ0v) is 11.6. The minimum absolute atomic E-state index is 0. The van der Waals surface area contributed by atoms with Gasteiger partial charge in [-0.25, -0.2) is 0 Å². The lowest BCUT2D eigenvalue weighted by Crippen LogP contribution is -2.54. The van der Waals surface area contributed by atoms with Crippen LogP contribution in [0.15, 0.2) is 0 Å². The molecule has 3 nitrogen and oxygen atoms in total. The molecule has 1 aliphatic heterocycles. The fourth-order valence-corrected chi connectivity index (χ4v) is 2.05. The molecule has 1 aliphatic rings. The zero-order valence-electron chi connectivity index (χ0n) is 10.8. The van der Waals surface area contributed by atoms with Gasteiger partial charge in [0.25, 0.3) is 0 Å². The first-order valence-corrected chi connectivity index (χ1v) is 5.93. The van der Waals surface area contributed by atoms with Gasteiger partial charge in [0, 0.05) is 25.0 Å². The molecule has 1 rings (SSSR count). The quantitative estimate of drug-likeness (QED) is 0.813. The number of hydrogen-bond acceptors (Lipinski definition) is 2. The summed E-state index contributed by atoms with van der Waals surface area (Å²) in [4.78, 5) is 14.0. The Morgan fingerprint density at radius 2 is 2.12 bits per heavy atom. The highest BCUT2D eigenvalue weighted by atomic mass is 35.5. The van der Waals surface area contributed by atoms with Crippen LogP contribution in [-0.2, 0) is 4.79 Å². The van der Waals surface area contributed by atoms with Gasteiger partial charge in [-0.15, -0.1) is 12.4 Å². The van der Waals surface area contributed by atoms with E-state index in [4.69, 9.17) is 5.73 Å². The van der Waals surface area contributed by atoms with E-state index in [2.05, 4.69) is 20.8 Å². The van der Waals surface area contributed by atoms with Crippen molar-refractivity contribution >= 4 is 18.3 Å². The van der Waals surface area contributed by atoms with Crippen molar-refractivity contribution in [3.8, 4) is 0 Å². The Morgan fingerprint density at radius 3 is 2.56 bits per heavy atom. The number of amides is 1. The standard InChI is InChI=1S/C12H24N2O.ClH/c1-5-9(2)11(15)14-7-6-10(13)12(3,4)8-14;/h9-10H,5-8,13H2,1-4H3;1H. The first kappa shape index (κ1) is 15.7. The number of carbonyl (C=O) groups is 1. The molecule has 1 fully saturated rings. The first-order valence-electron chi connectivity index (χ1n) is 5.93. The Morgan fingerprint density at radius 1 is 1.56 bits per heavy atom. The van der Waals surface area contributed by atoms with Crippen LogP contribution in [0.3, 0.4) is 0 Å². The molecule has 1 heterocycles. The second-order valence-electron chi connectivity index (χ2n) is 5.45. The maximum atomic E-state index is 12.0. The molecule has 0 radical (unpaired) electrons. The van der Waals surface area contributed by atoms with Crippen LogP contribution in [0.4, 0.5) is 0 Å². The largest absolute Gasteiger partial charge is 0.342 e. The molecule has 0 aliphatic carbocycles. The number of rotatable bonds is 2. The van der Waals surface area contributed by atoms with Crippen molar-refractivity contribution in [2.45, 2.75) is 46.6 Å². The fraction of sp³-hybridized carbons (Fsp3) is 0.917. The van der Waals surface area contributed by atoms with Crippen molar-refractivity contribution in [3.63, 3.8) is 0 Å². The molecule has 1 saturated heterocycles. The van der Waals surface area contributed by atoms with Crippen molar-refractivity contribution in [1.29, 1.82) is 0 Å². The molecule has 0 aromatic rings. The van der Waals surface area contributed by atoms with Crippen molar-refractivity contribution in [1.82, 2.24) is 4.90 Å². The van der Waals surface area contributed by atoms with Gasteiger partial charge in [-0.3, -0.25) is 4.79 Å². The highest BCUT2D eigenvalue weighted by molar-refractivity contribution is 5.85. The topological polar surface area (TPSA) is 46.3 Å². The van der Waals surface area contributed by atoms with Crippen molar-refractivity contribution in [3.05, 3.63) is 0 Å². The number of likely N-dealkylation sites (tertiary alicyclic amines) is 1. The zero-order chi connectivity index (χ0) is 11.6. The Hall–Kier alpha value is -0.280. The predicted octanol–water partition coefficient (Wildman–Crippen LogP) is 2.04. The summed E-state index contributed by atoms with van der Waals surface area (Å²) in [6.45, 7) is 9.99. The van der Waals surface area contributed by atoms with Gasteiger partial charge < -0.3 is 10.6 Å². The molecule has 0 aromatic heterocycles. The minimum atomic E-state index is 0. The SMILES string of the molecule is CCC(C)C(=O)N1CCC(N)C(C)(C)C1.Cl. The van der Waals surface area contributed by atoms with E-state index in [1.165, 1.54) is 0 Å². The van der Waals surface area contributed by atoms with Gasteiger partial charge in [0.15, 0.2) is 0 Å². The van der Waals surface area contributed by atoms with E-state index in [9.17, 15) is 4.79 Å². The molecule has 4 heteroatoms. The Bertz CT molecular complexity index is 243. The maximum absolute atomic E-state index is 12.0. The first-order chi connectivity index (χ1) is 6.88. The molecule has 1 amide bonds. The van der Waals surface area contributed by atoms with Gasteiger partial charge >= 0.3 is 0 Å². The third kappa shape index (κ3) is 3.36. The second kappa shape index (κ2) is 5.87. The lowest BCUT2D eigenvalue weighted by Gasteiger charge is -2.43. The maximum Gasteiger partial charge on any atom is 0.225 e. The van der Waals surface area contributed by atoms with Crippen LogP contribution in [0.1, 0.15) is 40.5 Å². The monoisotopic (exact) mass is 248 g/mol. The summed E-state index contributed by atoms with van der Waals surface area (Å²) in [6.07, 6.45) is 1.84. The van der Waals surface area contributed by atoms with Crippen molar-refractivity contribution in [2.24, 2.45) is 17.1 Å². The predicted molar refractivity (Wildman–Crippen MR) is 69.7 cm³/mol. The van der Waals surface area contributed by atoms with Crippen LogP contribution in [-0.4, -0.2) is 29.9 Å². The molecule has 16 heavy (non-hydrogen) atoms. The van der Waals surface area contributed by atoms with Crippen molar-refractivity contribution < 1.29 is 4.79 Å². The summed E-state index contributed by atoms with van der Waals surface area (Å²) >= 11 is 0. The van der Waals surface area contributed by atoms with Crippen LogP contribution < -0.4 is 5.73 Å². The summed E-state index contributed by atoms with van der Waals surface area (Å²) in [6, 6.07) is 0.221. The number of halogens is 1. The highest BCUT2D eigenvalue weighted by Crippen LogP contribution is 2.28. The molecule has 96 valence electrons. The molecule has 2 atom stereocenters. The third-order valence-corrected chi connectivity index (χ3v) is 3.66. The number of nitrogens with zero attached hydrogens (tertiary/aromatic N) is 1. The summed E-state index contributed by atoms with van der Waals surface area (Å²) < 4.78 is 0. The van der Waals surface area contributed by atoms with E-state index in [1.54, 1.807) is 0 Å². The van der Waals surface area contributed by atoms with E-state index < -0.39 is 0 Å². The van der Waals surface area contributed by atoms with Crippen LogP contribution in [0.25, 0.3) is 0 Å². The van der Waals surface area contributed by atoms with Gasteiger partial charge in [-0.1, -0.05) is 27.7 Å².